The summed E-state index contributed by atoms with van der Waals surface area (Å²) in [7, 11) is 1.59. The van der Waals surface area contributed by atoms with E-state index in [9.17, 15) is 9.59 Å². The van der Waals surface area contributed by atoms with Gasteiger partial charge in [-0.1, -0.05) is 18.2 Å². The first kappa shape index (κ1) is 18.5. The van der Waals surface area contributed by atoms with Crippen molar-refractivity contribution in [2.45, 2.75) is 26.8 Å². The van der Waals surface area contributed by atoms with Crippen molar-refractivity contribution in [2.75, 3.05) is 12.4 Å². The molecule has 3 rings (SSSR count). The van der Waals surface area contributed by atoms with Gasteiger partial charge in [0, 0.05) is 11.4 Å². The van der Waals surface area contributed by atoms with Crippen LogP contribution in [0.2, 0.25) is 0 Å². The van der Waals surface area contributed by atoms with E-state index in [2.05, 4.69) is 16.0 Å². The number of methoxy groups -OCH3 is 1. The fourth-order valence-corrected chi connectivity index (χ4v) is 3.29. The highest BCUT2D eigenvalue weighted by Crippen LogP contribution is 2.29. The van der Waals surface area contributed by atoms with Gasteiger partial charge in [0.2, 0.25) is 0 Å². The van der Waals surface area contributed by atoms with Gasteiger partial charge in [0.15, 0.2) is 0 Å². The first-order valence-electron chi connectivity index (χ1n) is 8.69. The first-order valence-corrected chi connectivity index (χ1v) is 8.69. The van der Waals surface area contributed by atoms with E-state index < -0.39 is 6.04 Å². The Bertz CT molecular complexity index is 897. The molecule has 0 saturated heterocycles. The zero-order valence-corrected chi connectivity index (χ0v) is 15.8. The normalized spacial score (nSPS) is 16.4. The molecule has 0 aliphatic carbocycles. The molecule has 1 unspecified atom stereocenters. The summed E-state index contributed by atoms with van der Waals surface area (Å²) >= 11 is 0. The Morgan fingerprint density at radius 2 is 1.67 bits per heavy atom. The van der Waals surface area contributed by atoms with Crippen molar-refractivity contribution >= 4 is 17.6 Å². The predicted octanol–water partition coefficient (Wildman–Crippen LogP) is 3.58. The lowest BCUT2D eigenvalue weighted by atomic mass is 9.94. The van der Waals surface area contributed by atoms with Crippen molar-refractivity contribution in [3.8, 4) is 5.75 Å². The van der Waals surface area contributed by atoms with Gasteiger partial charge < -0.3 is 20.7 Å². The summed E-state index contributed by atoms with van der Waals surface area (Å²) in [5.41, 5.74) is 4.66. The molecule has 1 aliphatic heterocycles. The van der Waals surface area contributed by atoms with E-state index >= 15 is 0 Å². The third kappa shape index (κ3) is 4.11. The molecule has 0 saturated carbocycles. The minimum Gasteiger partial charge on any atom is -0.497 e. The average Bonchev–Trinajstić information content (AvgIpc) is 2.60. The summed E-state index contributed by atoms with van der Waals surface area (Å²) in [5, 5.41) is 8.46. The maximum absolute atomic E-state index is 13.0. The quantitative estimate of drug-likeness (QED) is 0.775. The molecular weight excluding hydrogens is 342 g/mol. The summed E-state index contributed by atoms with van der Waals surface area (Å²) in [6.07, 6.45) is 0. The molecule has 1 aliphatic rings. The van der Waals surface area contributed by atoms with Crippen LogP contribution in [0.15, 0.2) is 53.7 Å². The molecule has 0 radical (unpaired) electrons. The van der Waals surface area contributed by atoms with Crippen LogP contribution in [0.1, 0.15) is 29.7 Å². The lowest BCUT2D eigenvalue weighted by Gasteiger charge is -2.28. The number of anilines is 1. The van der Waals surface area contributed by atoms with Crippen LogP contribution in [0.3, 0.4) is 0 Å². The van der Waals surface area contributed by atoms with Crippen LogP contribution in [0.25, 0.3) is 0 Å². The Balaban J connectivity index is 1.94. The molecule has 27 heavy (non-hydrogen) atoms. The van der Waals surface area contributed by atoms with Crippen LogP contribution in [0.5, 0.6) is 5.75 Å². The Labute approximate surface area is 158 Å². The molecule has 3 amide bonds. The zero-order chi connectivity index (χ0) is 19.6. The minimum absolute atomic E-state index is 0.259. The second-order valence-corrected chi connectivity index (χ2v) is 6.67. The monoisotopic (exact) mass is 365 g/mol. The Hall–Kier alpha value is -3.28. The van der Waals surface area contributed by atoms with Crippen molar-refractivity contribution in [2.24, 2.45) is 0 Å². The number of carbonyl (C=O) groups is 2. The van der Waals surface area contributed by atoms with Crippen LogP contribution in [-0.2, 0) is 4.79 Å². The van der Waals surface area contributed by atoms with E-state index in [1.807, 2.05) is 44.2 Å². The van der Waals surface area contributed by atoms with Crippen LogP contribution in [0.4, 0.5) is 10.5 Å². The van der Waals surface area contributed by atoms with Crippen molar-refractivity contribution < 1.29 is 14.3 Å². The van der Waals surface area contributed by atoms with Crippen LogP contribution in [-0.4, -0.2) is 19.0 Å². The van der Waals surface area contributed by atoms with Gasteiger partial charge in [0.1, 0.15) is 5.75 Å². The van der Waals surface area contributed by atoms with E-state index in [1.54, 1.807) is 26.2 Å². The van der Waals surface area contributed by atoms with Gasteiger partial charge in [-0.2, -0.15) is 0 Å². The van der Waals surface area contributed by atoms with Crippen LogP contribution in [0, 0.1) is 13.8 Å². The van der Waals surface area contributed by atoms with Crippen molar-refractivity contribution in [1.82, 2.24) is 10.6 Å². The van der Waals surface area contributed by atoms with E-state index in [4.69, 9.17) is 4.74 Å². The molecule has 6 heteroatoms. The number of rotatable bonds is 4. The topological polar surface area (TPSA) is 79.5 Å². The molecule has 2 aromatic carbocycles. The third-order valence-corrected chi connectivity index (χ3v) is 4.44. The molecule has 1 heterocycles. The van der Waals surface area contributed by atoms with Crippen molar-refractivity contribution in [3.05, 3.63) is 70.4 Å². The number of carbonyl (C=O) groups excluding carboxylic acids is 2. The number of urea groups is 1. The van der Waals surface area contributed by atoms with Gasteiger partial charge in [-0.15, -0.1) is 0 Å². The standard InChI is InChI=1S/C21H23N3O3/c1-12-9-13(2)11-16(10-12)23-20(25)18-14(3)22-21(26)24-19(18)15-5-7-17(27-4)8-6-15/h5-11,19H,1-4H3,(H,23,25)(H2,22,24,26). The zero-order valence-electron chi connectivity index (χ0n) is 15.8. The lowest BCUT2D eigenvalue weighted by Crippen LogP contribution is -2.45. The maximum Gasteiger partial charge on any atom is 0.319 e. The number of amides is 3. The number of hydrogen-bond acceptors (Lipinski definition) is 3. The smallest absolute Gasteiger partial charge is 0.319 e. The summed E-state index contributed by atoms with van der Waals surface area (Å²) in [6, 6.07) is 12.3. The molecule has 6 nitrogen and oxygen atoms in total. The van der Waals surface area contributed by atoms with Crippen molar-refractivity contribution in [1.29, 1.82) is 0 Å². The minimum atomic E-state index is -0.546. The van der Waals surface area contributed by atoms with Gasteiger partial charge >= 0.3 is 6.03 Å². The van der Waals surface area contributed by atoms with Gasteiger partial charge in [-0.25, -0.2) is 4.79 Å². The van der Waals surface area contributed by atoms with Gasteiger partial charge in [-0.3, -0.25) is 4.79 Å². The van der Waals surface area contributed by atoms with Crippen LogP contribution < -0.4 is 20.7 Å². The van der Waals surface area contributed by atoms with Crippen molar-refractivity contribution in [3.63, 3.8) is 0 Å². The average molecular weight is 365 g/mol. The van der Waals surface area contributed by atoms with Gasteiger partial charge in [0.05, 0.1) is 18.7 Å². The largest absolute Gasteiger partial charge is 0.497 e. The summed E-state index contributed by atoms with van der Waals surface area (Å²) in [5.74, 6) is 0.451. The highest BCUT2D eigenvalue weighted by Gasteiger charge is 2.31. The Kier molecular flexibility index (Phi) is 5.16. The Morgan fingerprint density at radius 3 is 2.26 bits per heavy atom. The molecule has 1 atom stereocenters. The molecule has 0 bridgehead atoms. The SMILES string of the molecule is COc1ccc(C2NC(=O)NC(C)=C2C(=O)Nc2cc(C)cc(C)c2)cc1. The predicted molar refractivity (Wildman–Crippen MR) is 105 cm³/mol. The van der Waals surface area contributed by atoms with E-state index in [1.165, 1.54) is 0 Å². The first-order chi connectivity index (χ1) is 12.9. The molecule has 0 fully saturated rings. The number of ether oxygens (including phenoxy) is 1. The number of allylic oxidation sites excluding steroid dienone is 1. The highest BCUT2D eigenvalue weighted by atomic mass is 16.5. The number of nitrogens with one attached hydrogen (secondary N) is 3. The fraction of sp³-hybridized carbons (Fsp3) is 0.238. The van der Waals surface area contributed by atoms with Crippen LogP contribution >= 0.6 is 0 Å². The molecular formula is C21H23N3O3. The van der Waals surface area contributed by atoms with Gasteiger partial charge in [-0.05, 0) is 61.7 Å². The molecule has 140 valence electrons. The Morgan fingerprint density at radius 1 is 1.04 bits per heavy atom. The third-order valence-electron chi connectivity index (χ3n) is 4.44. The van der Waals surface area contributed by atoms with E-state index in [-0.39, 0.29) is 11.9 Å². The van der Waals surface area contributed by atoms with Gasteiger partial charge in [0.25, 0.3) is 5.91 Å². The van der Waals surface area contributed by atoms with E-state index in [0.717, 1.165) is 22.4 Å². The number of benzene rings is 2. The molecule has 0 spiro atoms. The second kappa shape index (κ2) is 7.53. The molecule has 0 aromatic heterocycles. The lowest BCUT2D eigenvalue weighted by molar-refractivity contribution is -0.113. The molecule has 2 aromatic rings. The second-order valence-electron chi connectivity index (χ2n) is 6.67. The van der Waals surface area contributed by atoms with E-state index in [0.29, 0.717) is 17.0 Å². The fourth-order valence-electron chi connectivity index (χ4n) is 3.29. The highest BCUT2D eigenvalue weighted by molar-refractivity contribution is 6.06. The summed E-state index contributed by atoms with van der Waals surface area (Å²) < 4.78 is 5.18. The number of hydrogen-bond donors (Lipinski definition) is 3. The summed E-state index contributed by atoms with van der Waals surface area (Å²) in [4.78, 5) is 25.0. The maximum atomic E-state index is 13.0. The molecule has 3 N–H and O–H groups in total. The number of aryl methyl sites for hydroxylation is 2. The summed E-state index contributed by atoms with van der Waals surface area (Å²) in [6.45, 7) is 5.69.